The highest BCUT2D eigenvalue weighted by Crippen LogP contribution is 2.24. The van der Waals surface area contributed by atoms with Crippen LogP contribution in [0, 0.1) is 0 Å². The number of allylic oxidation sites excluding steroid dienone is 4. The lowest BCUT2D eigenvalue weighted by Crippen LogP contribution is -2.10. The average molecular weight is 302 g/mol. The van der Waals surface area contributed by atoms with Crippen molar-refractivity contribution in [3.63, 3.8) is 0 Å². The van der Waals surface area contributed by atoms with Crippen molar-refractivity contribution in [2.24, 2.45) is 0 Å². The molecular formula is C19H26O3. The summed E-state index contributed by atoms with van der Waals surface area (Å²) in [5.41, 5.74) is 3.35. The SMILES string of the molecule is COc1ccc(C(C/C=C(\C)CCC=C(C)C)C(=O)O)cc1. The first-order valence-corrected chi connectivity index (χ1v) is 7.59. The van der Waals surface area contributed by atoms with E-state index in [1.165, 1.54) is 11.1 Å². The first-order valence-electron chi connectivity index (χ1n) is 7.59. The van der Waals surface area contributed by atoms with Gasteiger partial charge in [0.05, 0.1) is 13.0 Å². The molecule has 1 aromatic rings. The molecule has 0 aliphatic carbocycles. The number of ether oxygens (including phenoxy) is 1. The smallest absolute Gasteiger partial charge is 0.311 e. The molecule has 120 valence electrons. The minimum atomic E-state index is -0.793. The summed E-state index contributed by atoms with van der Waals surface area (Å²) in [7, 11) is 1.60. The summed E-state index contributed by atoms with van der Waals surface area (Å²) < 4.78 is 5.11. The normalized spacial score (nSPS) is 12.6. The summed E-state index contributed by atoms with van der Waals surface area (Å²) in [5.74, 6) is -0.566. The van der Waals surface area contributed by atoms with Crippen LogP contribution >= 0.6 is 0 Å². The van der Waals surface area contributed by atoms with Gasteiger partial charge in [-0.2, -0.15) is 0 Å². The van der Waals surface area contributed by atoms with Gasteiger partial charge in [-0.25, -0.2) is 0 Å². The second-order valence-corrected chi connectivity index (χ2v) is 5.77. The van der Waals surface area contributed by atoms with Gasteiger partial charge in [-0.15, -0.1) is 0 Å². The van der Waals surface area contributed by atoms with Crippen LogP contribution in [0.3, 0.4) is 0 Å². The number of hydrogen-bond acceptors (Lipinski definition) is 2. The van der Waals surface area contributed by atoms with Crippen LogP contribution in [0.25, 0.3) is 0 Å². The zero-order valence-electron chi connectivity index (χ0n) is 13.9. The van der Waals surface area contributed by atoms with E-state index in [9.17, 15) is 9.90 Å². The second kappa shape index (κ2) is 9.08. The van der Waals surface area contributed by atoms with Gasteiger partial charge >= 0.3 is 5.97 Å². The molecular weight excluding hydrogens is 276 g/mol. The van der Waals surface area contributed by atoms with E-state index in [1.807, 2.05) is 18.2 Å². The van der Waals surface area contributed by atoms with Gasteiger partial charge in [0, 0.05) is 0 Å². The van der Waals surface area contributed by atoms with Gasteiger partial charge in [0.25, 0.3) is 0 Å². The summed E-state index contributed by atoms with van der Waals surface area (Å²) in [5, 5.41) is 9.44. The van der Waals surface area contributed by atoms with Crippen LogP contribution in [0.5, 0.6) is 5.75 Å². The number of rotatable bonds is 8. The van der Waals surface area contributed by atoms with Crippen molar-refractivity contribution >= 4 is 5.97 Å². The molecule has 0 spiro atoms. The van der Waals surface area contributed by atoms with E-state index in [0.717, 1.165) is 24.2 Å². The van der Waals surface area contributed by atoms with Crippen molar-refractivity contribution in [1.29, 1.82) is 0 Å². The quantitative estimate of drug-likeness (QED) is 0.691. The standard InChI is InChI=1S/C19H26O3/c1-14(2)6-5-7-15(3)8-13-18(19(20)21)16-9-11-17(22-4)12-10-16/h6,8-12,18H,5,7,13H2,1-4H3,(H,20,21)/b15-8+. The van der Waals surface area contributed by atoms with Crippen LogP contribution in [0.1, 0.15) is 51.5 Å². The Morgan fingerprint density at radius 3 is 2.32 bits per heavy atom. The van der Waals surface area contributed by atoms with Gasteiger partial charge in [-0.1, -0.05) is 35.4 Å². The highest BCUT2D eigenvalue weighted by Gasteiger charge is 2.18. The van der Waals surface area contributed by atoms with Crippen LogP contribution in [0.4, 0.5) is 0 Å². The van der Waals surface area contributed by atoms with Crippen LogP contribution < -0.4 is 4.74 Å². The lowest BCUT2D eigenvalue weighted by molar-refractivity contribution is -0.138. The van der Waals surface area contributed by atoms with Gasteiger partial charge in [-0.05, 0) is 57.7 Å². The number of aliphatic carboxylic acids is 1. The molecule has 0 radical (unpaired) electrons. The fraction of sp³-hybridized carbons (Fsp3) is 0.421. The van der Waals surface area contributed by atoms with Gasteiger partial charge in [0.2, 0.25) is 0 Å². The average Bonchev–Trinajstić information content (AvgIpc) is 2.47. The highest BCUT2D eigenvalue weighted by atomic mass is 16.5. The topological polar surface area (TPSA) is 46.5 Å². The van der Waals surface area contributed by atoms with E-state index >= 15 is 0 Å². The highest BCUT2D eigenvalue weighted by molar-refractivity contribution is 5.76. The number of hydrogen-bond donors (Lipinski definition) is 1. The van der Waals surface area contributed by atoms with Crippen molar-refractivity contribution in [1.82, 2.24) is 0 Å². The summed E-state index contributed by atoms with van der Waals surface area (Å²) >= 11 is 0. The fourth-order valence-electron chi connectivity index (χ4n) is 2.23. The summed E-state index contributed by atoms with van der Waals surface area (Å²) in [6.45, 7) is 6.23. The van der Waals surface area contributed by atoms with E-state index in [2.05, 4.69) is 26.8 Å². The van der Waals surface area contributed by atoms with Crippen LogP contribution in [0.2, 0.25) is 0 Å². The molecule has 1 N–H and O–H groups in total. The van der Waals surface area contributed by atoms with Gasteiger partial charge in [-0.3, -0.25) is 4.79 Å². The predicted octanol–water partition coefficient (Wildman–Crippen LogP) is 4.95. The maximum atomic E-state index is 11.5. The van der Waals surface area contributed by atoms with Crippen molar-refractivity contribution in [2.75, 3.05) is 7.11 Å². The minimum Gasteiger partial charge on any atom is -0.497 e. The monoisotopic (exact) mass is 302 g/mol. The zero-order valence-corrected chi connectivity index (χ0v) is 13.9. The Hall–Kier alpha value is -2.03. The number of benzene rings is 1. The molecule has 1 aromatic carbocycles. The first kappa shape index (κ1) is 18.0. The molecule has 0 saturated carbocycles. The third-order valence-corrected chi connectivity index (χ3v) is 3.61. The molecule has 0 bridgehead atoms. The van der Waals surface area contributed by atoms with Crippen LogP contribution in [0.15, 0.2) is 47.6 Å². The van der Waals surface area contributed by atoms with E-state index in [1.54, 1.807) is 19.2 Å². The van der Waals surface area contributed by atoms with E-state index in [-0.39, 0.29) is 0 Å². The fourth-order valence-corrected chi connectivity index (χ4v) is 2.23. The Bertz CT molecular complexity index is 534. The third-order valence-electron chi connectivity index (χ3n) is 3.61. The van der Waals surface area contributed by atoms with Crippen molar-refractivity contribution in [2.45, 2.75) is 46.0 Å². The van der Waals surface area contributed by atoms with Crippen LogP contribution in [-0.2, 0) is 4.79 Å². The molecule has 0 saturated heterocycles. The molecule has 0 heterocycles. The zero-order chi connectivity index (χ0) is 16.5. The molecule has 1 rings (SSSR count). The van der Waals surface area contributed by atoms with Crippen molar-refractivity contribution < 1.29 is 14.6 Å². The maximum Gasteiger partial charge on any atom is 0.311 e. The number of methoxy groups -OCH3 is 1. The Morgan fingerprint density at radius 1 is 1.18 bits per heavy atom. The molecule has 22 heavy (non-hydrogen) atoms. The Balaban J connectivity index is 2.71. The molecule has 1 unspecified atom stereocenters. The molecule has 3 heteroatoms. The van der Waals surface area contributed by atoms with Crippen molar-refractivity contribution in [3.05, 3.63) is 53.1 Å². The van der Waals surface area contributed by atoms with Crippen molar-refractivity contribution in [3.8, 4) is 5.75 Å². The van der Waals surface area contributed by atoms with Gasteiger partial charge < -0.3 is 9.84 Å². The molecule has 3 nitrogen and oxygen atoms in total. The summed E-state index contributed by atoms with van der Waals surface area (Å²) in [6, 6.07) is 7.25. The van der Waals surface area contributed by atoms with E-state index in [0.29, 0.717) is 6.42 Å². The number of carboxylic acid groups (broad SMARTS) is 1. The molecule has 0 fully saturated rings. The molecule has 0 aromatic heterocycles. The minimum absolute atomic E-state index is 0.510. The van der Waals surface area contributed by atoms with Gasteiger partial charge in [0.1, 0.15) is 5.75 Å². The van der Waals surface area contributed by atoms with E-state index in [4.69, 9.17) is 4.74 Å². The molecule has 0 amide bonds. The molecule has 0 aliphatic heterocycles. The first-order chi connectivity index (χ1) is 10.4. The Morgan fingerprint density at radius 2 is 1.82 bits per heavy atom. The lowest BCUT2D eigenvalue weighted by atomic mass is 9.94. The Kier molecular flexibility index (Phi) is 7.44. The lowest BCUT2D eigenvalue weighted by Gasteiger charge is -2.12. The number of carboxylic acids is 1. The third kappa shape index (κ3) is 6.17. The largest absolute Gasteiger partial charge is 0.497 e. The predicted molar refractivity (Wildman–Crippen MR) is 90.4 cm³/mol. The summed E-state index contributed by atoms with van der Waals surface area (Å²) in [6.07, 6.45) is 6.74. The second-order valence-electron chi connectivity index (χ2n) is 5.77. The van der Waals surface area contributed by atoms with E-state index < -0.39 is 11.9 Å². The maximum absolute atomic E-state index is 11.5. The number of carbonyl (C=O) groups is 1. The van der Waals surface area contributed by atoms with Crippen LogP contribution in [-0.4, -0.2) is 18.2 Å². The van der Waals surface area contributed by atoms with Gasteiger partial charge in [0.15, 0.2) is 0 Å². The molecule has 1 atom stereocenters. The molecule has 0 aliphatic rings. The Labute approximate surface area is 133 Å². The summed E-state index contributed by atoms with van der Waals surface area (Å²) in [4.78, 5) is 11.5.